The Balaban J connectivity index is 3.05. The minimum Gasteiger partial charge on any atom is -0.481 e. The van der Waals surface area contributed by atoms with Gasteiger partial charge < -0.3 is 5.11 Å². The summed E-state index contributed by atoms with van der Waals surface area (Å²) in [7, 11) is -3.33. The Bertz CT molecular complexity index is 549. The predicted octanol–water partition coefficient (Wildman–Crippen LogP) is 1.81. The van der Waals surface area contributed by atoms with Crippen LogP contribution in [0.4, 0.5) is 5.69 Å². The molecular weight excluding hydrogens is 254 g/mol. The van der Waals surface area contributed by atoms with E-state index in [1.807, 2.05) is 0 Å². The first-order valence-electron chi connectivity index (χ1n) is 5.40. The first-order chi connectivity index (χ1) is 8.10. The molecule has 0 atom stereocenters. The molecule has 0 heterocycles. The van der Waals surface area contributed by atoms with Crippen molar-refractivity contribution in [2.45, 2.75) is 25.7 Å². The number of sulfonamides is 1. The molecule has 0 fully saturated rings. The van der Waals surface area contributed by atoms with E-state index in [1.54, 1.807) is 38.1 Å². The first-order valence-corrected chi connectivity index (χ1v) is 7.29. The number of nitrogens with one attached hydrogen (secondary N) is 1. The van der Waals surface area contributed by atoms with Crippen LogP contribution in [0.25, 0.3) is 0 Å². The van der Waals surface area contributed by atoms with E-state index < -0.39 is 21.4 Å². The highest BCUT2D eigenvalue weighted by molar-refractivity contribution is 7.92. The number of aliphatic carboxylic acids is 1. The van der Waals surface area contributed by atoms with Gasteiger partial charge in [-0.05, 0) is 17.7 Å². The fourth-order valence-corrected chi connectivity index (χ4v) is 2.25. The molecule has 0 saturated heterocycles. The van der Waals surface area contributed by atoms with Gasteiger partial charge in [-0.15, -0.1) is 0 Å². The largest absolute Gasteiger partial charge is 0.481 e. The predicted molar refractivity (Wildman–Crippen MR) is 70.2 cm³/mol. The van der Waals surface area contributed by atoms with Crippen molar-refractivity contribution < 1.29 is 18.3 Å². The maximum Gasteiger partial charge on any atom is 0.304 e. The van der Waals surface area contributed by atoms with Crippen LogP contribution in [0.15, 0.2) is 24.3 Å². The molecule has 0 aromatic heterocycles. The summed E-state index contributed by atoms with van der Waals surface area (Å²) in [6.07, 6.45) is 1.05. The van der Waals surface area contributed by atoms with Crippen LogP contribution in [-0.4, -0.2) is 25.7 Å². The Morgan fingerprint density at radius 2 is 2.00 bits per heavy atom. The molecule has 5 nitrogen and oxygen atoms in total. The third-order valence-electron chi connectivity index (χ3n) is 2.54. The van der Waals surface area contributed by atoms with Gasteiger partial charge in [0.2, 0.25) is 10.0 Å². The lowest BCUT2D eigenvalue weighted by Gasteiger charge is -2.23. The third kappa shape index (κ3) is 4.37. The first kappa shape index (κ1) is 14.5. The second-order valence-electron chi connectivity index (χ2n) is 4.91. The highest BCUT2D eigenvalue weighted by Crippen LogP contribution is 2.29. The Morgan fingerprint density at radius 3 is 2.50 bits per heavy atom. The van der Waals surface area contributed by atoms with E-state index in [2.05, 4.69) is 4.72 Å². The van der Waals surface area contributed by atoms with Gasteiger partial charge in [0, 0.05) is 11.1 Å². The van der Waals surface area contributed by atoms with Gasteiger partial charge in [-0.1, -0.05) is 26.0 Å². The van der Waals surface area contributed by atoms with Crippen molar-refractivity contribution in [3.8, 4) is 0 Å². The summed E-state index contributed by atoms with van der Waals surface area (Å²) in [5.41, 5.74) is 0.660. The molecule has 0 saturated carbocycles. The normalized spacial score (nSPS) is 12.2. The molecule has 0 radical (unpaired) electrons. The van der Waals surface area contributed by atoms with E-state index in [-0.39, 0.29) is 6.42 Å². The monoisotopic (exact) mass is 271 g/mol. The molecule has 100 valence electrons. The fraction of sp³-hybridized carbons (Fsp3) is 0.417. The number of carbonyl (C=O) groups is 1. The lowest BCUT2D eigenvalue weighted by molar-refractivity contribution is -0.138. The van der Waals surface area contributed by atoms with Gasteiger partial charge in [0.25, 0.3) is 0 Å². The summed E-state index contributed by atoms with van der Waals surface area (Å²) in [6, 6.07) is 6.77. The maximum atomic E-state index is 11.1. The molecule has 1 aromatic carbocycles. The number of benzene rings is 1. The van der Waals surface area contributed by atoms with Gasteiger partial charge in [-0.2, -0.15) is 0 Å². The second-order valence-corrected chi connectivity index (χ2v) is 6.66. The van der Waals surface area contributed by atoms with Crippen molar-refractivity contribution in [2.24, 2.45) is 0 Å². The smallest absolute Gasteiger partial charge is 0.304 e. The SMILES string of the molecule is CC(C)(CC(=O)O)c1cccc(NS(C)(=O)=O)c1. The maximum absolute atomic E-state index is 11.1. The van der Waals surface area contributed by atoms with Crippen LogP contribution in [0.5, 0.6) is 0 Å². The van der Waals surface area contributed by atoms with Crippen LogP contribution >= 0.6 is 0 Å². The fourth-order valence-electron chi connectivity index (χ4n) is 1.70. The Kier molecular flexibility index (Phi) is 4.01. The number of carboxylic acids is 1. The van der Waals surface area contributed by atoms with Gasteiger partial charge >= 0.3 is 5.97 Å². The van der Waals surface area contributed by atoms with Crippen molar-refractivity contribution in [1.82, 2.24) is 0 Å². The van der Waals surface area contributed by atoms with Gasteiger partial charge in [-0.25, -0.2) is 8.42 Å². The summed E-state index contributed by atoms with van der Waals surface area (Å²) < 4.78 is 24.6. The number of hydrogen-bond acceptors (Lipinski definition) is 3. The van der Waals surface area contributed by atoms with E-state index >= 15 is 0 Å². The van der Waals surface area contributed by atoms with E-state index in [0.717, 1.165) is 11.8 Å². The van der Waals surface area contributed by atoms with E-state index in [4.69, 9.17) is 5.11 Å². The van der Waals surface area contributed by atoms with Crippen LogP contribution in [0.2, 0.25) is 0 Å². The standard InChI is InChI=1S/C12H17NO4S/c1-12(2,8-11(14)15)9-5-4-6-10(7-9)13-18(3,16)17/h4-7,13H,8H2,1-3H3,(H,14,15). The summed E-state index contributed by atoms with van der Waals surface area (Å²) in [5.74, 6) is -0.888. The van der Waals surface area contributed by atoms with E-state index in [0.29, 0.717) is 5.69 Å². The lowest BCUT2D eigenvalue weighted by Crippen LogP contribution is -2.22. The number of rotatable bonds is 5. The van der Waals surface area contributed by atoms with Gasteiger partial charge in [0.1, 0.15) is 0 Å². The van der Waals surface area contributed by atoms with Crippen LogP contribution in [0.3, 0.4) is 0 Å². The zero-order chi connectivity index (χ0) is 14.0. The van der Waals surface area contributed by atoms with Crippen molar-refractivity contribution >= 4 is 21.7 Å². The Morgan fingerprint density at radius 1 is 1.39 bits per heavy atom. The molecule has 2 N–H and O–H groups in total. The average Bonchev–Trinajstić information content (AvgIpc) is 2.13. The number of anilines is 1. The van der Waals surface area contributed by atoms with Crippen LogP contribution in [0, 0.1) is 0 Å². The summed E-state index contributed by atoms with van der Waals surface area (Å²) in [4.78, 5) is 10.8. The molecule has 0 amide bonds. The molecule has 1 aromatic rings. The zero-order valence-electron chi connectivity index (χ0n) is 10.6. The van der Waals surface area contributed by atoms with Gasteiger partial charge in [-0.3, -0.25) is 9.52 Å². The highest BCUT2D eigenvalue weighted by Gasteiger charge is 2.24. The molecule has 0 unspecified atom stereocenters. The Hall–Kier alpha value is -1.56. The van der Waals surface area contributed by atoms with Crippen molar-refractivity contribution in [3.63, 3.8) is 0 Å². The Labute approximate surface area is 107 Å². The van der Waals surface area contributed by atoms with Crippen molar-refractivity contribution in [2.75, 3.05) is 11.0 Å². The molecule has 0 bridgehead atoms. The minimum absolute atomic E-state index is 0.0185. The molecule has 18 heavy (non-hydrogen) atoms. The highest BCUT2D eigenvalue weighted by atomic mass is 32.2. The van der Waals surface area contributed by atoms with Crippen molar-refractivity contribution in [1.29, 1.82) is 0 Å². The van der Waals surface area contributed by atoms with E-state index in [9.17, 15) is 13.2 Å². The van der Waals surface area contributed by atoms with E-state index in [1.165, 1.54) is 0 Å². The van der Waals surface area contributed by atoms with Crippen LogP contribution in [-0.2, 0) is 20.2 Å². The molecule has 0 spiro atoms. The minimum atomic E-state index is -3.33. The van der Waals surface area contributed by atoms with Gasteiger partial charge in [0.05, 0.1) is 12.7 Å². The quantitative estimate of drug-likeness (QED) is 0.855. The van der Waals surface area contributed by atoms with Crippen LogP contribution in [0.1, 0.15) is 25.8 Å². The van der Waals surface area contributed by atoms with Gasteiger partial charge in [0.15, 0.2) is 0 Å². The lowest BCUT2D eigenvalue weighted by atomic mass is 9.81. The second kappa shape index (κ2) is 4.97. The topological polar surface area (TPSA) is 83.5 Å². The molecule has 1 rings (SSSR count). The van der Waals surface area contributed by atoms with Crippen molar-refractivity contribution in [3.05, 3.63) is 29.8 Å². The third-order valence-corrected chi connectivity index (χ3v) is 3.15. The molecule has 0 aliphatic heterocycles. The average molecular weight is 271 g/mol. The molecule has 6 heteroatoms. The zero-order valence-corrected chi connectivity index (χ0v) is 11.4. The summed E-state index contributed by atoms with van der Waals surface area (Å²) >= 11 is 0. The summed E-state index contributed by atoms with van der Waals surface area (Å²) in [6.45, 7) is 3.61. The molecular formula is C12H17NO4S. The number of carboxylic acid groups (broad SMARTS) is 1. The molecule has 0 aliphatic carbocycles. The summed E-state index contributed by atoms with van der Waals surface area (Å²) in [5, 5.41) is 8.85. The number of hydrogen-bond donors (Lipinski definition) is 2. The molecule has 0 aliphatic rings. The van der Waals surface area contributed by atoms with Crippen LogP contribution < -0.4 is 4.72 Å².